The predicted octanol–water partition coefficient (Wildman–Crippen LogP) is 1.91. The molecule has 0 bridgehead atoms. The van der Waals surface area contributed by atoms with Crippen LogP contribution in [0, 0.1) is 0 Å². The normalized spacial score (nSPS) is 13.1. The van der Waals surface area contributed by atoms with Gasteiger partial charge in [0.1, 0.15) is 0 Å². The number of hydrogen-bond donors (Lipinski definition) is 1. The predicted molar refractivity (Wildman–Crippen MR) is 54.8 cm³/mol. The van der Waals surface area contributed by atoms with Crippen LogP contribution in [0.2, 0.25) is 0 Å². The van der Waals surface area contributed by atoms with Crippen LogP contribution >= 0.6 is 0 Å². The van der Waals surface area contributed by atoms with E-state index in [9.17, 15) is 5.11 Å². The lowest BCUT2D eigenvalue weighted by Gasteiger charge is -2.10. The SMILES string of the molecule is CCCCC(O)c1cnnn1CCC. The van der Waals surface area contributed by atoms with Crippen molar-refractivity contribution in [1.82, 2.24) is 15.0 Å². The second kappa shape index (κ2) is 5.75. The van der Waals surface area contributed by atoms with Crippen molar-refractivity contribution in [2.24, 2.45) is 0 Å². The number of unbranched alkanes of at least 4 members (excludes halogenated alkanes) is 1. The van der Waals surface area contributed by atoms with E-state index in [0.717, 1.165) is 37.9 Å². The molecule has 0 aliphatic carbocycles. The van der Waals surface area contributed by atoms with Gasteiger partial charge in [-0.25, -0.2) is 4.68 Å². The molecule has 0 aliphatic rings. The maximum Gasteiger partial charge on any atom is 0.0973 e. The summed E-state index contributed by atoms with van der Waals surface area (Å²) in [5, 5.41) is 17.6. The topological polar surface area (TPSA) is 50.9 Å². The fourth-order valence-electron chi connectivity index (χ4n) is 1.45. The highest BCUT2D eigenvalue weighted by Crippen LogP contribution is 2.17. The third-order valence-corrected chi connectivity index (χ3v) is 2.26. The van der Waals surface area contributed by atoms with Crippen molar-refractivity contribution in [2.45, 2.75) is 52.2 Å². The van der Waals surface area contributed by atoms with Crippen molar-refractivity contribution in [1.29, 1.82) is 0 Å². The fourth-order valence-corrected chi connectivity index (χ4v) is 1.45. The Morgan fingerprint density at radius 2 is 2.21 bits per heavy atom. The number of aliphatic hydroxyl groups excluding tert-OH is 1. The van der Waals surface area contributed by atoms with E-state index < -0.39 is 6.10 Å². The second-order valence-corrected chi connectivity index (χ2v) is 3.54. The van der Waals surface area contributed by atoms with Gasteiger partial charge in [-0.3, -0.25) is 0 Å². The van der Waals surface area contributed by atoms with Crippen molar-refractivity contribution < 1.29 is 5.11 Å². The monoisotopic (exact) mass is 197 g/mol. The van der Waals surface area contributed by atoms with Gasteiger partial charge in [-0.2, -0.15) is 0 Å². The number of nitrogens with zero attached hydrogens (tertiary/aromatic N) is 3. The van der Waals surface area contributed by atoms with Gasteiger partial charge in [0, 0.05) is 6.54 Å². The average Bonchev–Trinajstić information content (AvgIpc) is 2.63. The first-order valence-corrected chi connectivity index (χ1v) is 5.36. The van der Waals surface area contributed by atoms with Crippen LogP contribution < -0.4 is 0 Å². The van der Waals surface area contributed by atoms with Crippen LogP contribution in [-0.4, -0.2) is 20.1 Å². The van der Waals surface area contributed by atoms with Gasteiger partial charge in [-0.05, 0) is 12.8 Å². The van der Waals surface area contributed by atoms with Crippen LogP contribution in [-0.2, 0) is 6.54 Å². The lowest BCUT2D eigenvalue weighted by molar-refractivity contribution is 0.153. The molecule has 1 aromatic rings. The molecular formula is C10H19N3O. The molecule has 1 unspecified atom stereocenters. The van der Waals surface area contributed by atoms with Gasteiger partial charge in [0.15, 0.2) is 0 Å². The Morgan fingerprint density at radius 3 is 2.86 bits per heavy atom. The first-order valence-electron chi connectivity index (χ1n) is 5.36. The standard InChI is InChI=1S/C10H19N3O/c1-3-5-6-10(14)9-8-11-12-13(9)7-4-2/h8,10,14H,3-7H2,1-2H3. The zero-order valence-corrected chi connectivity index (χ0v) is 8.98. The number of aryl methyl sites for hydroxylation is 1. The van der Waals surface area contributed by atoms with Crippen LogP contribution in [0.1, 0.15) is 51.3 Å². The largest absolute Gasteiger partial charge is 0.387 e. The summed E-state index contributed by atoms with van der Waals surface area (Å²) in [5.74, 6) is 0. The van der Waals surface area contributed by atoms with E-state index in [4.69, 9.17) is 0 Å². The van der Waals surface area contributed by atoms with Gasteiger partial charge < -0.3 is 5.11 Å². The Hall–Kier alpha value is -0.900. The number of hydrogen-bond acceptors (Lipinski definition) is 3. The van der Waals surface area contributed by atoms with E-state index in [1.54, 1.807) is 10.9 Å². The Bertz CT molecular complexity index is 260. The molecule has 1 aromatic heterocycles. The minimum absolute atomic E-state index is 0.406. The van der Waals surface area contributed by atoms with Gasteiger partial charge >= 0.3 is 0 Å². The molecule has 0 saturated heterocycles. The van der Waals surface area contributed by atoms with Crippen molar-refractivity contribution >= 4 is 0 Å². The van der Waals surface area contributed by atoms with E-state index in [-0.39, 0.29) is 0 Å². The van der Waals surface area contributed by atoms with Gasteiger partial charge in [0.25, 0.3) is 0 Å². The molecule has 4 heteroatoms. The summed E-state index contributed by atoms with van der Waals surface area (Å²) in [6, 6.07) is 0. The molecule has 1 heterocycles. The lowest BCUT2D eigenvalue weighted by atomic mass is 10.1. The van der Waals surface area contributed by atoms with Gasteiger partial charge in [0.05, 0.1) is 18.0 Å². The molecule has 0 amide bonds. The maximum absolute atomic E-state index is 9.85. The quantitative estimate of drug-likeness (QED) is 0.758. The first kappa shape index (κ1) is 11.2. The van der Waals surface area contributed by atoms with Crippen molar-refractivity contribution in [3.8, 4) is 0 Å². The third kappa shape index (κ3) is 2.80. The van der Waals surface area contributed by atoms with Crippen LogP contribution in [0.4, 0.5) is 0 Å². The van der Waals surface area contributed by atoms with Crippen molar-refractivity contribution in [3.05, 3.63) is 11.9 Å². The third-order valence-electron chi connectivity index (χ3n) is 2.26. The molecule has 0 saturated carbocycles. The summed E-state index contributed by atoms with van der Waals surface area (Å²) in [4.78, 5) is 0. The van der Waals surface area contributed by atoms with Gasteiger partial charge in [0.2, 0.25) is 0 Å². The molecule has 14 heavy (non-hydrogen) atoms. The van der Waals surface area contributed by atoms with Crippen LogP contribution in [0.3, 0.4) is 0 Å². The van der Waals surface area contributed by atoms with E-state index in [1.807, 2.05) is 0 Å². The Morgan fingerprint density at radius 1 is 1.43 bits per heavy atom. The minimum Gasteiger partial charge on any atom is -0.387 e. The van der Waals surface area contributed by atoms with Gasteiger partial charge in [-0.15, -0.1) is 5.10 Å². The molecular weight excluding hydrogens is 178 g/mol. The van der Waals surface area contributed by atoms with E-state index in [2.05, 4.69) is 24.2 Å². The van der Waals surface area contributed by atoms with Gasteiger partial charge in [-0.1, -0.05) is 31.9 Å². The summed E-state index contributed by atoms with van der Waals surface area (Å²) in [5.41, 5.74) is 0.848. The highest BCUT2D eigenvalue weighted by Gasteiger charge is 2.12. The Labute approximate surface area is 84.9 Å². The van der Waals surface area contributed by atoms with E-state index >= 15 is 0 Å². The van der Waals surface area contributed by atoms with Crippen molar-refractivity contribution in [3.63, 3.8) is 0 Å². The average molecular weight is 197 g/mol. The van der Waals surface area contributed by atoms with Crippen LogP contribution in [0.15, 0.2) is 6.20 Å². The number of aliphatic hydroxyl groups is 1. The lowest BCUT2D eigenvalue weighted by Crippen LogP contribution is -2.09. The molecule has 0 radical (unpaired) electrons. The molecule has 1 atom stereocenters. The fraction of sp³-hybridized carbons (Fsp3) is 0.800. The highest BCUT2D eigenvalue weighted by atomic mass is 16.3. The smallest absolute Gasteiger partial charge is 0.0973 e. The molecule has 1 rings (SSSR count). The first-order chi connectivity index (χ1) is 6.79. The molecule has 80 valence electrons. The second-order valence-electron chi connectivity index (χ2n) is 3.54. The zero-order chi connectivity index (χ0) is 10.4. The zero-order valence-electron chi connectivity index (χ0n) is 8.98. The van der Waals surface area contributed by atoms with Crippen molar-refractivity contribution in [2.75, 3.05) is 0 Å². The number of aromatic nitrogens is 3. The van der Waals surface area contributed by atoms with E-state index in [1.165, 1.54) is 0 Å². The minimum atomic E-state index is -0.406. The highest BCUT2D eigenvalue weighted by molar-refractivity contribution is 4.98. The molecule has 0 fully saturated rings. The molecule has 0 aliphatic heterocycles. The Kier molecular flexibility index (Phi) is 4.59. The molecule has 0 aromatic carbocycles. The Balaban J connectivity index is 2.58. The molecule has 4 nitrogen and oxygen atoms in total. The summed E-state index contributed by atoms with van der Waals surface area (Å²) >= 11 is 0. The molecule has 1 N–H and O–H groups in total. The van der Waals surface area contributed by atoms with E-state index in [0.29, 0.717) is 0 Å². The summed E-state index contributed by atoms with van der Waals surface area (Å²) < 4.78 is 1.79. The summed E-state index contributed by atoms with van der Waals surface area (Å²) in [7, 11) is 0. The van der Waals surface area contributed by atoms with Crippen LogP contribution in [0.25, 0.3) is 0 Å². The van der Waals surface area contributed by atoms with Crippen LogP contribution in [0.5, 0.6) is 0 Å². The summed E-state index contributed by atoms with van der Waals surface area (Å²) in [6.07, 6.45) is 5.21. The molecule has 0 spiro atoms. The maximum atomic E-state index is 9.85. The number of rotatable bonds is 6. The summed E-state index contributed by atoms with van der Waals surface area (Å²) in [6.45, 7) is 5.04.